The summed E-state index contributed by atoms with van der Waals surface area (Å²) in [6.45, 7) is 0.332. The molecule has 9 heteroatoms. The van der Waals surface area contributed by atoms with Crippen molar-refractivity contribution in [1.29, 1.82) is 0 Å². The van der Waals surface area contributed by atoms with Crippen molar-refractivity contribution in [2.45, 2.75) is 12.8 Å². The van der Waals surface area contributed by atoms with Gasteiger partial charge in [0.2, 0.25) is 0 Å². The van der Waals surface area contributed by atoms with Gasteiger partial charge in [-0.05, 0) is 53.9 Å². The van der Waals surface area contributed by atoms with Crippen molar-refractivity contribution in [2.75, 3.05) is 16.8 Å². The lowest BCUT2D eigenvalue weighted by Gasteiger charge is -2.19. The molecule has 0 fully saturated rings. The molecule has 5 nitrogen and oxygen atoms in total. The van der Waals surface area contributed by atoms with Crippen LogP contribution < -0.4 is 15.0 Å². The van der Waals surface area contributed by atoms with Crippen LogP contribution in [-0.2, 0) is 6.42 Å². The van der Waals surface area contributed by atoms with Gasteiger partial charge in [0, 0.05) is 41.9 Å². The van der Waals surface area contributed by atoms with Gasteiger partial charge in [0.05, 0.1) is 0 Å². The lowest BCUT2D eigenvalue weighted by atomic mass is 10.1. The molecular weight excluding hydrogens is 402 g/mol. The van der Waals surface area contributed by atoms with E-state index in [9.17, 15) is 22.4 Å². The summed E-state index contributed by atoms with van der Waals surface area (Å²) in [5, 5.41) is 2.60. The number of urea groups is 1. The van der Waals surface area contributed by atoms with Gasteiger partial charge in [-0.3, -0.25) is 9.88 Å². The van der Waals surface area contributed by atoms with Crippen LogP contribution in [0.25, 0.3) is 11.1 Å². The van der Waals surface area contributed by atoms with Crippen LogP contribution in [0.15, 0.2) is 60.9 Å². The van der Waals surface area contributed by atoms with Gasteiger partial charge < -0.3 is 10.1 Å². The van der Waals surface area contributed by atoms with E-state index in [-0.39, 0.29) is 5.69 Å². The molecule has 0 unspecified atom stereocenters. The summed E-state index contributed by atoms with van der Waals surface area (Å²) in [4.78, 5) is 18.1. The Kier molecular flexibility index (Phi) is 5.03. The Labute approximate surface area is 168 Å². The minimum Gasteiger partial charge on any atom is -0.406 e. The Morgan fingerprint density at radius 2 is 1.93 bits per heavy atom. The van der Waals surface area contributed by atoms with Gasteiger partial charge in [-0.1, -0.05) is 6.07 Å². The van der Waals surface area contributed by atoms with E-state index in [1.165, 1.54) is 47.6 Å². The number of fused-ring (bicyclic) bond motifs is 1. The Morgan fingerprint density at radius 3 is 2.67 bits per heavy atom. The van der Waals surface area contributed by atoms with Crippen LogP contribution in [0.5, 0.6) is 5.75 Å². The van der Waals surface area contributed by atoms with E-state index in [0.29, 0.717) is 35.3 Å². The summed E-state index contributed by atoms with van der Waals surface area (Å²) in [6, 6.07) is 10.7. The molecule has 2 heterocycles. The molecule has 0 saturated carbocycles. The van der Waals surface area contributed by atoms with E-state index in [4.69, 9.17) is 0 Å². The zero-order valence-electron chi connectivity index (χ0n) is 15.4. The third-order valence-electron chi connectivity index (χ3n) is 4.57. The highest BCUT2D eigenvalue weighted by molar-refractivity contribution is 6.03. The first-order valence-corrected chi connectivity index (χ1v) is 8.97. The third kappa shape index (κ3) is 4.35. The topological polar surface area (TPSA) is 54.5 Å². The molecule has 1 aromatic heterocycles. The molecule has 0 spiro atoms. The quantitative estimate of drug-likeness (QED) is 0.582. The average Bonchev–Trinajstić information content (AvgIpc) is 3.10. The normalized spacial score (nSPS) is 13.1. The number of benzene rings is 2. The highest BCUT2D eigenvalue weighted by atomic mass is 19.4. The minimum atomic E-state index is -4.88. The molecule has 0 radical (unpaired) electrons. The minimum absolute atomic E-state index is 0.121. The summed E-state index contributed by atoms with van der Waals surface area (Å²) in [7, 11) is 0. The second-order valence-electron chi connectivity index (χ2n) is 6.64. The molecule has 0 aliphatic carbocycles. The maximum atomic E-state index is 13.4. The molecule has 3 aromatic rings. The van der Waals surface area contributed by atoms with Gasteiger partial charge in [-0.25, -0.2) is 9.18 Å². The number of carbonyl (C=O) groups excluding carboxylic acids is 1. The maximum Gasteiger partial charge on any atom is 0.573 e. The van der Waals surface area contributed by atoms with E-state index in [1.807, 2.05) is 0 Å². The molecule has 0 saturated heterocycles. The number of amides is 2. The number of hydrogen-bond donors (Lipinski definition) is 1. The van der Waals surface area contributed by atoms with Crippen LogP contribution in [0.2, 0.25) is 0 Å². The molecule has 2 aromatic carbocycles. The standard InChI is InChI=1S/C21H15F4N3O2/c22-16-3-4-19-13(8-16)5-7-28(19)20(29)27-17-9-15(14-2-1-6-26-12-14)10-18(11-17)30-21(23,24)25/h1-4,6,8-12H,5,7H2,(H,27,29). The van der Waals surface area contributed by atoms with Gasteiger partial charge in [-0.15, -0.1) is 13.2 Å². The molecule has 2 amide bonds. The van der Waals surface area contributed by atoms with Crippen molar-refractivity contribution >= 4 is 17.4 Å². The van der Waals surface area contributed by atoms with Gasteiger partial charge in [0.25, 0.3) is 0 Å². The van der Waals surface area contributed by atoms with Crippen molar-refractivity contribution in [3.05, 3.63) is 72.3 Å². The SMILES string of the molecule is O=C(Nc1cc(OC(F)(F)F)cc(-c2cccnc2)c1)N1CCc2cc(F)ccc21. The van der Waals surface area contributed by atoms with Crippen LogP contribution in [0, 0.1) is 5.82 Å². The van der Waals surface area contributed by atoms with Crippen LogP contribution in [-0.4, -0.2) is 23.9 Å². The van der Waals surface area contributed by atoms with E-state index in [2.05, 4.69) is 15.0 Å². The molecule has 0 bridgehead atoms. The summed E-state index contributed by atoms with van der Waals surface area (Å²) in [6.07, 6.45) is -1.37. The van der Waals surface area contributed by atoms with E-state index in [1.54, 1.807) is 12.1 Å². The average molecular weight is 417 g/mol. The number of nitrogens with one attached hydrogen (secondary N) is 1. The third-order valence-corrected chi connectivity index (χ3v) is 4.57. The van der Waals surface area contributed by atoms with Gasteiger partial charge in [0.1, 0.15) is 11.6 Å². The van der Waals surface area contributed by atoms with E-state index >= 15 is 0 Å². The Bertz CT molecular complexity index is 1090. The number of rotatable bonds is 3. The molecule has 1 aliphatic heterocycles. The highest BCUT2D eigenvalue weighted by Crippen LogP contribution is 2.33. The largest absolute Gasteiger partial charge is 0.573 e. The van der Waals surface area contributed by atoms with Crippen molar-refractivity contribution in [1.82, 2.24) is 4.98 Å². The molecule has 4 rings (SSSR count). The fraction of sp³-hybridized carbons (Fsp3) is 0.143. The fourth-order valence-corrected chi connectivity index (χ4v) is 3.34. The predicted octanol–water partition coefficient (Wildman–Crippen LogP) is 5.38. The number of aromatic nitrogens is 1. The zero-order chi connectivity index (χ0) is 21.3. The van der Waals surface area contributed by atoms with Crippen LogP contribution >= 0.6 is 0 Å². The Balaban J connectivity index is 1.63. The number of halogens is 4. The second-order valence-corrected chi connectivity index (χ2v) is 6.64. The summed E-state index contributed by atoms with van der Waals surface area (Å²) in [5.41, 5.74) is 2.32. The molecule has 1 aliphatic rings. The number of carbonyl (C=O) groups is 1. The van der Waals surface area contributed by atoms with Crippen molar-refractivity contribution in [3.63, 3.8) is 0 Å². The van der Waals surface area contributed by atoms with Crippen LogP contribution in [0.4, 0.5) is 33.7 Å². The molecular formula is C21H15F4N3O2. The van der Waals surface area contributed by atoms with Crippen molar-refractivity contribution in [3.8, 4) is 16.9 Å². The first kappa shape index (κ1) is 19.7. The molecule has 30 heavy (non-hydrogen) atoms. The molecule has 1 N–H and O–H groups in total. The van der Waals surface area contributed by atoms with Gasteiger partial charge in [0.15, 0.2) is 0 Å². The number of anilines is 2. The molecule has 154 valence electrons. The fourth-order valence-electron chi connectivity index (χ4n) is 3.34. The number of alkyl halides is 3. The maximum absolute atomic E-state index is 13.4. The Morgan fingerprint density at radius 1 is 1.10 bits per heavy atom. The first-order chi connectivity index (χ1) is 14.3. The van der Waals surface area contributed by atoms with Crippen LogP contribution in [0.3, 0.4) is 0 Å². The van der Waals surface area contributed by atoms with Crippen molar-refractivity contribution < 1.29 is 27.1 Å². The Hall–Kier alpha value is -3.62. The number of ether oxygens (including phenoxy) is 1. The van der Waals surface area contributed by atoms with Gasteiger partial charge >= 0.3 is 12.4 Å². The summed E-state index contributed by atoms with van der Waals surface area (Å²) < 4.78 is 55.7. The second kappa shape index (κ2) is 7.66. The van der Waals surface area contributed by atoms with Gasteiger partial charge in [-0.2, -0.15) is 0 Å². The number of hydrogen-bond acceptors (Lipinski definition) is 3. The lowest BCUT2D eigenvalue weighted by molar-refractivity contribution is -0.274. The van der Waals surface area contributed by atoms with E-state index in [0.717, 1.165) is 6.07 Å². The highest BCUT2D eigenvalue weighted by Gasteiger charge is 2.32. The summed E-state index contributed by atoms with van der Waals surface area (Å²) in [5.74, 6) is -0.864. The monoisotopic (exact) mass is 417 g/mol. The number of pyridine rings is 1. The first-order valence-electron chi connectivity index (χ1n) is 8.97. The molecule has 0 atom stereocenters. The summed E-state index contributed by atoms with van der Waals surface area (Å²) >= 11 is 0. The number of nitrogens with zero attached hydrogens (tertiary/aromatic N) is 2. The lowest BCUT2D eigenvalue weighted by Crippen LogP contribution is -2.33. The zero-order valence-corrected chi connectivity index (χ0v) is 15.4. The predicted molar refractivity (Wildman–Crippen MR) is 103 cm³/mol. The smallest absolute Gasteiger partial charge is 0.406 e. The van der Waals surface area contributed by atoms with Crippen molar-refractivity contribution in [2.24, 2.45) is 0 Å². The van der Waals surface area contributed by atoms with E-state index < -0.39 is 24.0 Å². The van der Waals surface area contributed by atoms with Crippen LogP contribution in [0.1, 0.15) is 5.56 Å².